The molecular weight excluding hydrogens is 468 g/mol. The minimum absolute atomic E-state index is 0.00335. The summed E-state index contributed by atoms with van der Waals surface area (Å²) in [4.78, 5) is 11.9. The Labute approximate surface area is 239 Å². The SMILES string of the molecule is CCCCCCCCCCCCCCCCCOC(=O)CCCCCCCCCCC(O)CCCCCC. The van der Waals surface area contributed by atoms with Crippen LogP contribution in [0.15, 0.2) is 0 Å². The van der Waals surface area contributed by atoms with Gasteiger partial charge in [-0.05, 0) is 25.7 Å². The fourth-order valence-electron chi connectivity index (χ4n) is 5.39. The fourth-order valence-corrected chi connectivity index (χ4v) is 5.39. The maximum Gasteiger partial charge on any atom is 0.305 e. The van der Waals surface area contributed by atoms with Crippen molar-refractivity contribution in [2.45, 2.75) is 213 Å². The quantitative estimate of drug-likeness (QED) is 0.0684. The number of aliphatic hydroxyl groups excluding tert-OH is 1. The predicted molar refractivity (Wildman–Crippen MR) is 167 cm³/mol. The third-order valence-electron chi connectivity index (χ3n) is 8.07. The molecule has 0 aromatic carbocycles. The zero-order valence-corrected chi connectivity index (χ0v) is 26.3. The molecule has 0 saturated carbocycles. The van der Waals surface area contributed by atoms with Crippen molar-refractivity contribution in [2.75, 3.05) is 6.61 Å². The Balaban J connectivity index is 3.20. The molecule has 1 unspecified atom stereocenters. The molecule has 0 amide bonds. The minimum Gasteiger partial charge on any atom is -0.466 e. The van der Waals surface area contributed by atoms with E-state index >= 15 is 0 Å². The Hall–Kier alpha value is -0.570. The molecule has 0 aliphatic heterocycles. The van der Waals surface area contributed by atoms with E-state index in [-0.39, 0.29) is 12.1 Å². The van der Waals surface area contributed by atoms with Crippen molar-refractivity contribution in [1.82, 2.24) is 0 Å². The first kappa shape index (κ1) is 37.4. The fraction of sp³-hybridized carbons (Fsp3) is 0.971. The summed E-state index contributed by atoms with van der Waals surface area (Å²) >= 11 is 0. The van der Waals surface area contributed by atoms with E-state index < -0.39 is 0 Å². The minimum atomic E-state index is -0.0779. The average Bonchev–Trinajstić information content (AvgIpc) is 2.92. The molecule has 1 N–H and O–H groups in total. The summed E-state index contributed by atoms with van der Waals surface area (Å²) in [6, 6.07) is 0. The summed E-state index contributed by atoms with van der Waals surface area (Å²) in [5.41, 5.74) is 0. The van der Waals surface area contributed by atoms with Gasteiger partial charge in [-0.1, -0.05) is 174 Å². The van der Waals surface area contributed by atoms with Crippen molar-refractivity contribution in [3.63, 3.8) is 0 Å². The first-order valence-corrected chi connectivity index (χ1v) is 17.5. The zero-order valence-electron chi connectivity index (χ0n) is 26.3. The van der Waals surface area contributed by atoms with Crippen LogP contribution in [-0.4, -0.2) is 23.8 Å². The highest BCUT2D eigenvalue weighted by atomic mass is 16.5. The molecule has 0 bridgehead atoms. The molecule has 0 spiro atoms. The summed E-state index contributed by atoms with van der Waals surface area (Å²) in [6.07, 6.45) is 37.5. The van der Waals surface area contributed by atoms with Crippen molar-refractivity contribution in [1.29, 1.82) is 0 Å². The summed E-state index contributed by atoms with van der Waals surface area (Å²) in [5.74, 6) is 0.00335. The summed E-state index contributed by atoms with van der Waals surface area (Å²) in [6.45, 7) is 5.13. The molecule has 3 nitrogen and oxygen atoms in total. The molecule has 0 aromatic rings. The van der Waals surface area contributed by atoms with Crippen molar-refractivity contribution in [2.24, 2.45) is 0 Å². The second kappa shape index (κ2) is 32.6. The average molecular weight is 539 g/mol. The Morgan fingerprint density at radius 2 is 0.789 bits per heavy atom. The number of hydrogen-bond acceptors (Lipinski definition) is 3. The van der Waals surface area contributed by atoms with Gasteiger partial charge in [0.15, 0.2) is 0 Å². The highest BCUT2D eigenvalue weighted by molar-refractivity contribution is 5.69. The molecule has 3 heteroatoms. The monoisotopic (exact) mass is 539 g/mol. The molecule has 0 aliphatic carbocycles. The number of aliphatic hydroxyl groups is 1. The number of hydrogen-bond donors (Lipinski definition) is 1. The number of rotatable bonds is 32. The summed E-state index contributed by atoms with van der Waals surface area (Å²) < 4.78 is 5.42. The van der Waals surface area contributed by atoms with Crippen molar-refractivity contribution in [3.8, 4) is 0 Å². The molecule has 228 valence electrons. The van der Waals surface area contributed by atoms with E-state index in [1.807, 2.05) is 0 Å². The number of unbranched alkanes of at least 4 members (excludes halogenated alkanes) is 24. The molecule has 38 heavy (non-hydrogen) atoms. The van der Waals surface area contributed by atoms with Crippen LogP contribution in [0, 0.1) is 0 Å². The Bertz CT molecular complexity index is 450. The van der Waals surface area contributed by atoms with Crippen LogP contribution in [0.25, 0.3) is 0 Å². The second-order valence-electron chi connectivity index (χ2n) is 12.0. The second-order valence-corrected chi connectivity index (χ2v) is 12.0. The molecule has 0 saturated heterocycles. The summed E-state index contributed by atoms with van der Waals surface area (Å²) in [5, 5.41) is 10.0. The molecule has 0 aromatic heterocycles. The van der Waals surface area contributed by atoms with Crippen LogP contribution in [0.4, 0.5) is 0 Å². The molecule has 0 heterocycles. The third kappa shape index (κ3) is 31.6. The van der Waals surface area contributed by atoms with Gasteiger partial charge in [-0.15, -0.1) is 0 Å². The van der Waals surface area contributed by atoms with Crippen molar-refractivity contribution >= 4 is 5.97 Å². The maximum atomic E-state index is 11.9. The topological polar surface area (TPSA) is 46.5 Å². The number of carbonyl (C=O) groups excluding carboxylic acids is 1. The van der Waals surface area contributed by atoms with Gasteiger partial charge in [-0.25, -0.2) is 0 Å². The Kier molecular flexibility index (Phi) is 32.2. The molecule has 1 atom stereocenters. The molecule has 0 fully saturated rings. The lowest BCUT2D eigenvalue weighted by Crippen LogP contribution is -2.06. The van der Waals surface area contributed by atoms with Crippen LogP contribution in [0.5, 0.6) is 0 Å². The third-order valence-corrected chi connectivity index (χ3v) is 8.07. The lowest BCUT2D eigenvalue weighted by atomic mass is 10.0. The largest absolute Gasteiger partial charge is 0.466 e. The van der Waals surface area contributed by atoms with Gasteiger partial charge in [-0.2, -0.15) is 0 Å². The van der Waals surface area contributed by atoms with E-state index in [0.29, 0.717) is 13.0 Å². The van der Waals surface area contributed by atoms with Gasteiger partial charge in [0.05, 0.1) is 12.7 Å². The van der Waals surface area contributed by atoms with Crippen molar-refractivity contribution < 1.29 is 14.6 Å². The van der Waals surface area contributed by atoms with Gasteiger partial charge in [-0.3, -0.25) is 4.79 Å². The maximum absolute atomic E-state index is 11.9. The van der Waals surface area contributed by atoms with Gasteiger partial charge >= 0.3 is 5.97 Å². The van der Waals surface area contributed by atoms with Crippen LogP contribution < -0.4 is 0 Å². The van der Waals surface area contributed by atoms with Crippen LogP contribution in [0.3, 0.4) is 0 Å². The number of esters is 1. The van der Waals surface area contributed by atoms with Gasteiger partial charge in [0.2, 0.25) is 0 Å². The predicted octanol–water partition coefficient (Wildman–Crippen LogP) is 11.6. The first-order chi connectivity index (χ1) is 18.7. The highest BCUT2D eigenvalue weighted by Crippen LogP contribution is 2.15. The first-order valence-electron chi connectivity index (χ1n) is 17.5. The van der Waals surface area contributed by atoms with Crippen molar-refractivity contribution in [3.05, 3.63) is 0 Å². The van der Waals surface area contributed by atoms with E-state index in [1.165, 1.54) is 154 Å². The normalized spacial score (nSPS) is 12.2. The lowest BCUT2D eigenvalue weighted by Gasteiger charge is -2.10. The van der Waals surface area contributed by atoms with Gasteiger partial charge in [0.1, 0.15) is 0 Å². The summed E-state index contributed by atoms with van der Waals surface area (Å²) in [7, 11) is 0. The van der Waals surface area contributed by atoms with E-state index in [4.69, 9.17) is 4.74 Å². The lowest BCUT2D eigenvalue weighted by molar-refractivity contribution is -0.143. The van der Waals surface area contributed by atoms with Gasteiger partial charge < -0.3 is 9.84 Å². The van der Waals surface area contributed by atoms with E-state index in [0.717, 1.165) is 32.1 Å². The van der Waals surface area contributed by atoms with Crippen LogP contribution in [0.1, 0.15) is 206 Å². The molecule has 0 radical (unpaired) electrons. The molecule has 0 rings (SSSR count). The molecule has 0 aliphatic rings. The van der Waals surface area contributed by atoms with E-state index in [1.54, 1.807) is 0 Å². The number of carbonyl (C=O) groups is 1. The van der Waals surface area contributed by atoms with Gasteiger partial charge in [0, 0.05) is 6.42 Å². The van der Waals surface area contributed by atoms with E-state index in [9.17, 15) is 9.90 Å². The standard InChI is InChI=1S/C35H70O3/c1-3-5-7-9-10-11-12-13-14-15-16-19-22-25-29-33-38-35(37)32-28-24-21-18-17-20-23-27-31-34(36)30-26-8-6-4-2/h34,36H,3-33H2,1-2H3. The van der Waals surface area contributed by atoms with E-state index in [2.05, 4.69) is 13.8 Å². The number of ether oxygens (including phenoxy) is 1. The highest BCUT2D eigenvalue weighted by Gasteiger charge is 2.04. The Morgan fingerprint density at radius 1 is 0.474 bits per heavy atom. The van der Waals surface area contributed by atoms with Crippen LogP contribution >= 0.6 is 0 Å². The van der Waals surface area contributed by atoms with Gasteiger partial charge in [0.25, 0.3) is 0 Å². The van der Waals surface area contributed by atoms with Crippen LogP contribution in [-0.2, 0) is 9.53 Å². The Morgan fingerprint density at radius 3 is 1.21 bits per heavy atom. The van der Waals surface area contributed by atoms with Crippen LogP contribution in [0.2, 0.25) is 0 Å². The zero-order chi connectivity index (χ0) is 27.8. The molecular formula is C35H70O3. The smallest absolute Gasteiger partial charge is 0.305 e.